The van der Waals surface area contributed by atoms with Crippen molar-refractivity contribution in [3.8, 4) is 0 Å². The minimum Gasteiger partial charge on any atom is -0.476 e. The van der Waals surface area contributed by atoms with Crippen molar-refractivity contribution >= 4 is 5.97 Å². The van der Waals surface area contributed by atoms with Crippen LogP contribution in [0.2, 0.25) is 0 Å². The number of nitrogens with zero attached hydrogens (tertiary/aromatic N) is 2. The van der Waals surface area contributed by atoms with Crippen LogP contribution in [-0.4, -0.2) is 34.6 Å². The second-order valence-corrected chi connectivity index (χ2v) is 2.93. The molecule has 0 aliphatic rings. The third-order valence-electron chi connectivity index (χ3n) is 1.80. The van der Waals surface area contributed by atoms with E-state index in [2.05, 4.69) is 5.10 Å². The number of rotatable bonds is 5. The number of aryl methyl sites for hydroxylation is 1. The molecule has 0 spiro atoms. The number of hydrogen-bond acceptors (Lipinski definition) is 4. The van der Waals surface area contributed by atoms with Crippen LogP contribution in [0, 0.1) is 0 Å². The fourth-order valence-electron chi connectivity index (χ4n) is 1.08. The second-order valence-electron chi connectivity index (χ2n) is 2.93. The van der Waals surface area contributed by atoms with E-state index in [0.29, 0.717) is 19.6 Å². The molecular weight excluding hydrogens is 200 g/mol. The van der Waals surface area contributed by atoms with Gasteiger partial charge in [0, 0.05) is 26.3 Å². The maximum absolute atomic E-state index is 11.3. The number of aromatic nitrogens is 2. The number of carboxylic acids is 1. The maximum Gasteiger partial charge on any atom is 0.356 e. The van der Waals surface area contributed by atoms with Gasteiger partial charge in [-0.3, -0.25) is 4.79 Å². The van der Waals surface area contributed by atoms with Crippen molar-refractivity contribution in [2.75, 3.05) is 13.7 Å². The van der Waals surface area contributed by atoms with Gasteiger partial charge in [-0.15, -0.1) is 0 Å². The highest BCUT2D eigenvalue weighted by Crippen LogP contribution is 1.91. The van der Waals surface area contributed by atoms with E-state index in [1.165, 1.54) is 12.1 Å². The Morgan fingerprint density at radius 2 is 2.33 bits per heavy atom. The molecule has 1 aromatic rings. The Bertz CT molecular complexity index is 399. The smallest absolute Gasteiger partial charge is 0.356 e. The molecule has 1 N–H and O–H groups in total. The first kappa shape index (κ1) is 11.4. The SMILES string of the molecule is COCCCn1nc(C(=O)O)ccc1=O. The summed E-state index contributed by atoms with van der Waals surface area (Å²) in [6.07, 6.45) is 0.618. The van der Waals surface area contributed by atoms with Gasteiger partial charge in [0.25, 0.3) is 5.56 Å². The molecule has 0 aliphatic carbocycles. The van der Waals surface area contributed by atoms with E-state index in [4.69, 9.17) is 9.84 Å². The largest absolute Gasteiger partial charge is 0.476 e. The maximum atomic E-state index is 11.3. The summed E-state index contributed by atoms with van der Waals surface area (Å²) in [5, 5.41) is 12.4. The molecule has 0 amide bonds. The minimum atomic E-state index is -1.14. The summed E-state index contributed by atoms with van der Waals surface area (Å²) in [4.78, 5) is 21.8. The number of aromatic carboxylic acids is 1. The highest BCUT2D eigenvalue weighted by molar-refractivity contribution is 5.84. The summed E-state index contributed by atoms with van der Waals surface area (Å²) in [6, 6.07) is 2.39. The summed E-state index contributed by atoms with van der Waals surface area (Å²) in [5.41, 5.74) is -0.442. The van der Waals surface area contributed by atoms with E-state index in [1.54, 1.807) is 7.11 Å². The van der Waals surface area contributed by atoms with E-state index in [9.17, 15) is 9.59 Å². The van der Waals surface area contributed by atoms with Crippen LogP contribution in [0.4, 0.5) is 0 Å². The molecule has 1 aromatic heterocycles. The average molecular weight is 212 g/mol. The first-order chi connectivity index (χ1) is 7.15. The zero-order valence-electron chi connectivity index (χ0n) is 8.34. The second kappa shape index (κ2) is 5.26. The summed E-state index contributed by atoms with van der Waals surface area (Å²) in [7, 11) is 1.56. The third kappa shape index (κ3) is 3.17. The Kier molecular flexibility index (Phi) is 3.99. The molecule has 0 aliphatic heterocycles. The molecule has 0 unspecified atom stereocenters. The highest BCUT2D eigenvalue weighted by atomic mass is 16.5. The average Bonchev–Trinajstić information content (AvgIpc) is 2.20. The van der Waals surface area contributed by atoms with Gasteiger partial charge in [0.1, 0.15) is 0 Å². The van der Waals surface area contributed by atoms with Crippen LogP contribution in [0.25, 0.3) is 0 Å². The lowest BCUT2D eigenvalue weighted by atomic mass is 10.4. The van der Waals surface area contributed by atoms with Crippen molar-refractivity contribution in [2.45, 2.75) is 13.0 Å². The highest BCUT2D eigenvalue weighted by Gasteiger charge is 2.06. The van der Waals surface area contributed by atoms with Crippen molar-refractivity contribution in [3.05, 3.63) is 28.2 Å². The number of hydrogen-bond donors (Lipinski definition) is 1. The normalized spacial score (nSPS) is 10.2. The van der Waals surface area contributed by atoms with Gasteiger partial charge in [-0.1, -0.05) is 0 Å². The van der Waals surface area contributed by atoms with E-state index < -0.39 is 5.97 Å². The van der Waals surface area contributed by atoms with Gasteiger partial charge in [-0.25, -0.2) is 9.48 Å². The van der Waals surface area contributed by atoms with Gasteiger partial charge in [-0.05, 0) is 12.5 Å². The molecule has 6 nitrogen and oxygen atoms in total. The molecule has 1 heterocycles. The molecule has 0 atom stereocenters. The predicted molar refractivity (Wildman–Crippen MR) is 51.9 cm³/mol. The topological polar surface area (TPSA) is 81.4 Å². The van der Waals surface area contributed by atoms with Crippen LogP contribution >= 0.6 is 0 Å². The van der Waals surface area contributed by atoms with Crippen molar-refractivity contribution in [1.82, 2.24) is 9.78 Å². The molecular formula is C9H12N2O4. The summed E-state index contributed by atoms with van der Waals surface area (Å²) in [5.74, 6) is -1.14. The first-order valence-corrected chi connectivity index (χ1v) is 4.45. The lowest BCUT2D eigenvalue weighted by molar-refractivity contribution is 0.0687. The quantitative estimate of drug-likeness (QED) is 0.693. The van der Waals surface area contributed by atoms with E-state index in [1.807, 2.05) is 0 Å². The molecule has 0 bridgehead atoms. The lowest BCUT2D eigenvalue weighted by Gasteiger charge is -2.04. The van der Waals surface area contributed by atoms with Crippen molar-refractivity contribution in [1.29, 1.82) is 0 Å². The van der Waals surface area contributed by atoms with E-state index in [-0.39, 0.29) is 11.3 Å². The Hall–Kier alpha value is -1.69. The Balaban J connectivity index is 2.81. The van der Waals surface area contributed by atoms with Gasteiger partial charge in [-0.2, -0.15) is 5.10 Å². The standard InChI is InChI=1S/C9H12N2O4/c1-15-6-2-5-11-8(12)4-3-7(10-11)9(13)14/h3-4H,2,5-6H2,1H3,(H,13,14). The predicted octanol–water partition coefficient (Wildman–Crippen LogP) is -0.0220. The zero-order chi connectivity index (χ0) is 11.3. The Morgan fingerprint density at radius 1 is 1.60 bits per heavy atom. The molecule has 0 saturated heterocycles. The Morgan fingerprint density at radius 3 is 2.93 bits per heavy atom. The first-order valence-electron chi connectivity index (χ1n) is 4.45. The van der Waals surface area contributed by atoms with Gasteiger partial charge >= 0.3 is 5.97 Å². The fraction of sp³-hybridized carbons (Fsp3) is 0.444. The summed E-state index contributed by atoms with van der Waals surface area (Å²) in [6.45, 7) is 0.860. The third-order valence-corrected chi connectivity index (χ3v) is 1.80. The van der Waals surface area contributed by atoms with Crippen LogP contribution in [0.1, 0.15) is 16.9 Å². The molecule has 1 rings (SSSR count). The molecule has 6 heteroatoms. The molecule has 0 aromatic carbocycles. The van der Waals surface area contributed by atoms with Crippen LogP contribution in [-0.2, 0) is 11.3 Å². The van der Waals surface area contributed by atoms with Crippen LogP contribution in [0.5, 0.6) is 0 Å². The Labute approximate surface area is 86.1 Å². The lowest BCUT2D eigenvalue weighted by Crippen LogP contribution is -2.24. The van der Waals surface area contributed by atoms with Crippen LogP contribution in [0.3, 0.4) is 0 Å². The van der Waals surface area contributed by atoms with Crippen molar-refractivity contribution in [2.24, 2.45) is 0 Å². The minimum absolute atomic E-state index is 0.132. The van der Waals surface area contributed by atoms with Gasteiger partial charge < -0.3 is 9.84 Å². The summed E-state index contributed by atoms with van der Waals surface area (Å²) < 4.78 is 5.95. The number of carbonyl (C=O) groups is 1. The summed E-state index contributed by atoms with van der Waals surface area (Å²) >= 11 is 0. The van der Waals surface area contributed by atoms with Gasteiger partial charge in [0.15, 0.2) is 5.69 Å². The van der Waals surface area contributed by atoms with Crippen molar-refractivity contribution in [3.63, 3.8) is 0 Å². The number of ether oxygens (including phenoxy) is 1. The molecule has 0 radical (unpaired) electrons. The molecule has 15 heavy (non-hydrogen) atoms. The monoisotopic (exact) mass is 212 g/mol. The molecule has 0 saturated carbocycles. The van der Waals surface area contributed by atoms with Gasteiger partial charge in [0.2, 0.25) is 0 Å². The van der Waals surface area contributed by atoms with Crippen LogP contribution in [0.15, 0.2) is 16.9 Å². The van der Waals surface area contributed by atoms with E-state index >= 15 is 0 Å². The number of carboxylic acid groups (broad SMARTS) is 1. The molecule has 0 fully saturated rings. The number of methoxy groups -OCH3 is 1. The molecule has 82 valence electrons. The van der Waals surface area contributed by atoms with Crippen LogP contribution < -0.4 is 5.56 Å². The van der Waals surface area contributed by atoms with Crippen molar-refractivity contribution < 1.29 is 14.6 Å². The fourth-order valence-corrected chi connectivity index (χ4v) is 1.08. The van der Waals surface area contributed by atoms with Gasteiger partial charge in [0.05, 0.1) is 0 Å². The zero-order valence-corrected chi connectivity index (χ0v) is 8.34. The van der Waals surface area contributed by atoms with E-state index in [0.717, 1.165) is 4.68 Å².